The highest BCUT2D eigenvalue weighted by Crippen LogP contribution is 2.40. The van der Waals surface area contributed by atoms with E-state index in [4.69, 9.17) is 10.7 Å². The quantitative estimate of drug-likeness (QED) is 0.267. The van der Waals surface area contributed by atoms with Gasteiger partial charge in [0.25, 0.3) is 5.91 Å². The van der Waals surface area contributed by atoms with Gasteiger partial charge in [-0.3, -0.25) is 9.52 Å². The second kappa shape index (κ2) is 11.4. The average Bonchev–Trinajstić information content (AvgIpc) is 3.18. The Morgan fingerprint density at radius 1 is 1.22 bits per heavy atom. The van der Waals surface area contributed by atoms with E-state index < -0.39 is 15.6 Å². The van der Waals surface area contributed by atoms with Crippen molar-refractivity contribution in [3.63, 3.8) is 0 Å². The predicted octanol–water partition coefficient (Wildman–Crippen LogP) is 3.98. The molecule has 200 valence electrons. The third-order valence-corrected chi connectivity index (χ3v) is 9.49. The Balaban J connectivity index is 1.65. The highest BCUT2D eigenvalue weighted by atomic mass is 32.2. The number of aromatic nitrogens is 2. The number of nitrogens with one attached hydrogen (secondary N) is 2. The van der Waals surface area contributed by atoms with Gasteiger partial charge in [-0.1, -0.05) is 23.9 Å². The van der Waals surface area contributed by atoms with Crippen molar-refractivity contribution in [3.8, 4) is 11.3 Å². The maximum absolute atomic E-state index is 12.9. The topological polar surface area (TPSA) is 130 Å². The van der Waals surface area contributed by atoms with E-state index in [1.54, 1.807) is 18.2 Å². The smallest absolute Gasteiger partial charge is 0.263 e. The van der Waals surface area contributed by atoms with Crippen LogP contribution in [-0.2, 0) is 10.0 Å². The Bertz CT molecular complexity index is 1400. The van der Waals surface area contributed by atoms with Gasteiger partial charge in [0.1, 0.15) is 9.71 Å². The molecule has 4 N–H and O–H groups in total. The molecule has 1 amide bonds. The summed E-state index contributed by atoms with van der Waals surface area (Å²) in [6.45, 7) is 8.05. The van der Waals surface area contributed by atoms with Gasteiger partial charge >= 0.3 is 0 Å². The number of thiophene rings is 1. The Morgan fingerprint density at radius 3 is 2.62 bits per heavy atom. The number of carbonyl (C=O) groups excluding carboxylic acids is 1. The number of hydrogen-bond acceptors (Lipinski definition) is 10. The van der Waals surface area contributed by atoms with E-state index in [1.165, 1.54) is 23.1 Å². The first kappa shape index (κ1) is 28.0. The SMILES string of the molecule is CSc1nc(-c2cccc(NS(=O)(=O)CCN3CCSCC3)c2)c2c(N)c(C(=O)NC(C)(C)C)sc2n1. The zero-order chi connectivity index (χ0) is 26.8. The summed E-state index contributed by atoms with van der Waals surface area (Å²) in [4.78, 5) is 25.4. The lowest BCUT2D eigenvalue weighted by atomic mass is 10.1. The fourth-order valence-electron chi connectivity index (χ4n) is 3.90. The van der Waals surface area contributed by atoms with Gasteiger partial charge in [-0.05, 0) is 39.2 Å². The number of benzene rings is 1. The van der Waals surface area contributed by atoms with Gasteiger partial charge in [0.2, 0.25) is 10.0 Å². The molecule has 37 heavy (non-hydrogen) atoms. The van der Waals surface area contributed by atoms with Crippen molar-refractivity contribution in [1.29, 1.82) is 0 Å². The Morgan fingerprint density at radius 2 is 1.95 bits per heavy atom. The maximum atomic E-state index is 12.9. The van der Waals surface area contributed by atoms with Crippen molar-refractivity contribution in [2.24, 2.45) is 0 Å². The van der Waals surface area contributed by atoms with E-state index in [1.807, 2.05) is 44.9 Å². The molecular formula is C24H32N6O3S4. The van der Waals surface area contributed by atoms with E-state index >= 15 is 0 Å². The summed E-state index contributed by atoms with van der Waals surface area (Å²) in [6.07, 6.45) is 1.88. The molecule has 1 aliphatic rings. The Kier molecular flexibility index (Phi) is 8.58. The van der Waals surface area contributed by atoms with Crippen LogP contribution in [0, 0.1) is 0 Å². The van der Waals surface area contributed by atoms with Crippen LogP contribution in [0.2, 0.25) is 0 Å². The number of thioether (sulfide) groups is 2. The van der Waals surface area contributed by atoms with Crippen molar-refractivity contribution in [2.75, 3.05) is 53.6 Å². The summed E-state index contributed by atoms with van der Waals surface area (Å²) in [5, 5.41) is 4.08. The normalized spacial score (nSPS) is 15.1. The van der Waals surface area contributed by atoms with Crippen molar-refractivity contribution in [1.82, 2.24) is 20.2 Å². The number of carbonyl (C=O) groups is 1. The number of nitrogens with zero attached hydrogens (tertiary/aromatic N) is 3. The van der Waals surface area contributed by atoms with Gasteiger partial charge in [-0.15, -0.1) is 11.3 Å². The summed E-state index contributed by atoms with van der Waals surface area (Å²) in [5.41, 5.74) is 8.07. The lowest BCUT2D eigenvalue weighted by Gasteiger charge is -2.25. The first-order chi connectivity index (χ1) is 17.5. The summed E-state index contributed by atoms with van der Waals surface area (Å²) >= 11 is 4.51. The van der Waals surface area contributed by atoms with E-state index in [2.05, 4.69) is 19.9 Å². The second-order valence-corrected chi connectivity index (χ2v) is 14.6. The predicted molar refractivity (Wildman–Crippen MR) is 157 cm³/mol. The number of nitrogens with two attached hydrogens (primary N) is 1. The van der Waals surface area contributed by atoms with Crippen LogP contribution in [0.3, 0.4) is 0 Å². The molecule has 0 unspecified atom stereocenters. The summed E-state index contributed by atoms with van der Waals surface area (Å²) < 4.78 is 28.3. The zero-order valence-electron chi connectivity index (χ0n) is 21.3. The van der Waals surface area contributed by atoms with Gasteiger partial charge < -0.3 is 16.0 Å². The molecule has 1 fully saturated rings. The molecular weight excluding hydrogens is 549 g/mol. The first-order valence-corrected chi connectivity index (χ1v) is 16.7. The number of anilines is 2. The van der Waals surface area contributed by atoms with Gasteiger partial charge in [-0.25, -0.2) is 18.4 Å². The molecule has 0 saturated carbocycles. The third-order valence-electron chi connectivity index (χ3n) is 5.63. The number of rotatable bonds is 8. The van der Waals surface area contributed by atoms with Crippen molar-refractivity contribution >= 4 is 72.4 Å². The van der Waals surface area contributed by atoms with Crippen LogP contribution in [0.1, 0.15) is 30.4 Å². The van der Waals surface area contributed by atoms with Crippen LogP contribution in [0.15, 0.2) is 29.4 Å². The molecule has 1 aromatic carbocycles. The molecule has 0 aliphatic carbocycles. The molecule has 3 heterocycles. The highest BCUT2D eigenvalue weighted by molar-refractivity contribution is 7.99. The van der Waals surface area contributed by atoms with Gasteiger partial charge in [0.05, 0.1) is 22.5 Å². The van der Waals surface area contributed by atoms with Crippen LogP contribution < -0.4 is 15.8 Å². The second-order valence-electron chi connectivity index (χ2n) is 9.74. The largest absolute Gasteiger partial charge is 0.397 e. The molecule has 9 nitrogen and oxygen atoms in total. The molecule has 4 rings (SSSR count). The minimum absolute atomic E-state index is 0.0278. The lowest BCUT2D eigenvalue weighted by molar-refractivity contribution is 0.0924. The van der Waals surface area contributed by atoms with Gasteiger partial charge in [0, 0.05) is 47.9 Å². The number of fused-ring (bicyclic) bond motifs is 1. The number of sulfonamides is 1. The fraction of sp³-hybridized carbons (Fsp3) is 0.458. The Labute approximate surface area is 230 Å². The van der Waals surface area contributed by atoms with E-state index in [-0.39, 0.29) is 11.7 Å². The van der Waals surface area contributed by atoms with Crippen molar-refractivity contribution in [3.05, 3.63) is 29.1 Å². The standard InChI is InChI=1S/C24H32N6O3S4/c1-24(2,3)28-21(31)20-18(25)17-19(26-23(34-4)27-22(17)36-20)15-6-5-7-16(14-15)29-37(32,33)13-10-30-8-11-35-12-9-30/h5-7,14,29H,8-13,25H2,1-4H3,(H,28,31). The van der Waals surface area contributed by atoms with E-state index in [0.29, 0.717) is 49.4 Å². The lowest BCUT2D eigenvalue weighted by Crippen LogP contribution is -2.40. The third kappa shape index (κ3) is 7.08. The zero-order valence-corrected chi connectivity index (χ0v) is 24.6. The van der Waals surface area contributed by atoms with Crippen LogP contribution in [0.5, 0.6) is 0 Å². The number of hydrogen-bond donors (Lipinski definition) is 3. The molecule has 0 radical (unpaired) electrons. The Hall–Kier alpha value is -2.06. The number of nitrogen functional groups attached to an aromatic ring is 1. The van der Waals surface area contributed by atoms with Crippen LogP contribution >= 0.6 is 34.9 Å². The van der Waals surface area contributed by atoms with Crippen molar-refractivity contribution < 1.29 is 13.2 Å². The van der Waals surface area contributed by atoms with Crippen LogP contribution in [-0.4, -0.2) is 77.9 Å². The molecule has 1 aliphatic heterocycles. The summed E-state index contributed by atoms with van der Waals surface area (Å²) in [7, 11) is -3.53. The van der Waals surface area contributed by atoms with Crippen LogP contribution in [0.25, 0.3) is 21.5 Å². The molecule has 0 spiro atoms. The molecule has 3 aromatic rings. The van der Waals surface area contributed by atoms with E-state index in [9.17, 15) is 13.2 Å². The van der Waals surface area contributed by atoms with Gasteiger partial charge in [-0.2, -0.15) is 11.8 Å². The minimum Gasteiger partial charge on any atom is -0.397 e. The minimum atomic E-state index is -3.53. The molecule has 1 saturated heterocycles. The summed E-state index contributed by atoms with van der Waals surface area (Å²) in [6, 6.07) is 7.08. The molecule has 2 aromatic heterocycles. The highest BCUT2D eigenvalue weighted by Gasteiger charge is 2.25. The number of amides is 1. The van der Waals surface area contributed by atoms with Crippen LogP contribution in [0.4, 0.5) is 11.4 Å². The molecule has 0 bridgehead atoms. The average molecular weight is 581 g/mol. The fourth-order valence-corrected chi connectivity index (χ4v) is 7.38. The maximum Gasteiger partial charge on any atom is 0.263 e. The molecule has 13 heteroatoms. The van der Waals surface area contributed by atoms with Crippen molar-refractivity contribution in [2.45, 2.75) is 31.5 Å². The van der Waals surface area contributed by atoms with E-state index in [0.717, 1.165) is 24.6 Å². The van der Waals surface area contributed by atoms with Gasteiger partial charge in [0.15, 0.2) is 5.16 Å². The monoisotopic (exact) mass is 580 g/mol. The summed E-state index contributed by atoms with van der Waals surface area (Å²) in [5.74, 6) is 1.83. The molecule has 0 atom stereocenters. The first-order valence-electron chi connectivity index (χ1n) is 11.8.